The molecule has 0 bridgehead atoms. The number of halogens is 1. The van der Waals surface area contributed by atoms with Crippen LogP contribution in [0.4, 0.5) is 0 Å². The van der Waals surface area contributed by atoms with E-state index >= 15 is 0 Å². The normalized spacial score (nSPS) is 12.6. The van der Waals surface area contributed by atoms with Gasteiger partial charge in [-0.3, -0.25) is 0 Å². The van der Waals surface area contributed by atoms with Crippen molar-refractivity contribution in [1.82, 2.24) is 0 Å². The summed E-state index contributed by atoms with van der Waals surface area (Å²) in [6, 6.07) is 12.0. The molecular weight excluding hydrogens is 312 g/mol. The molecule has 0 aliphatic carbocycles. The zero-order chi connectivity index (χ0) is 13.0. The van der Waals surface area contributed by atoms with E-state index in [4.69, 9.17) is 9.52 Å². The highest BCUT2D eigenvalue weighted by Gasteiger charge is 2.07. The fourth-order valence-electron chi connectivity index (χ4n) is 1.50. The van der Waals surface area contributed by atoms with Gasteiger partial charge in [0, 0.05) is 15.3 Å². The lowest BCUT2D eigenvalue weighted by Crippen LogP contribution is -2.01. The molecule has 2 aromatic rings. The lowest BCUT2D eigenvalue weighted by Gasteiger charge is -2.05. The number of thioether (sulfide) groups is 1. The van der Waals surface area contributed by atoms with Crippen molar-refractivity contribution >= 4 is 27.7 Å². The van der Waals surface area contributed by atoms with E-state index in [0.29, 0.717) is 0 Å². The molecule has 18 heavy (non-hydrogen) atoms. The third-order valence-corrected chi connectivity index (χ3v) is 4.26. The van der Waals surface area contributed by atoms with Crippen LogP contribution in [-0.2, 0) is 5.75 Å². The Bertz CT molecular complexity index is 493. The number of hydrogen-bond donors (Lipinski definition) is 1. The molecule has 0 amide bonds. The summed E-state index contributed by atoms with van der Waals surface area (Å²) >= 11 is 5.10. The highest BCUT2D eigenvalue weighted by molar-refractivity contribution is 9.10. The van der Waals surface area contributed by atoms with Crippen molar-refractivity contribution in [2.75, 3.05) is 6.61 Å². The molecule has 1 atom stereocenters. The Morgan fingerprint density at radius 2 is 1.94 bits per heavy atom. The van der Waals surface area contributed by atoms with Crippen LogP contribution < -0.4 is 0 Å². The predicted molar refractivity (Wildman–Crippen MR) is 79.7 cm³/mol. The van der Waals surface area contributed by atoms with E-state index in [9.17, 15) is 0 Å². The molecule has 1 N–H and O–H groups in total. The number of hydrogen-bond acceptors (Lipinski definition) is 3. The van der Waals surface area contributed by atoms with Gasteiger partial charge in [-0.15, -0.1) is 11.8 Å². The summed E-state index contributed by atoms with van der Waals surface area (Å²) in [5.41, 5.74) is 1.07. The van der Waals surface area contributed by atoms with Gasteiger partial charge < -0.3 is 9.52 Å². The second-order valence-corrected chi connectivity index (χ2v) is 6.42. The van der Waals surface area contributed by atoms with Crippen molar-refractivity contribution < 1.29 is 9.52 Å². The van der Waals surface area contributed by atoms with Crippen LogP contribution >= 0.6 is 27.7 Å². The van der Waals surface area contributed by atoms with Gasteiger partial charge in [-0.25, -0.2) is 0 Å². The molecule has 0 aliphatic heterocycles. The Morgan fingerprint density at radius 3 is 2.61 bits per heavy atom. The van der Waals surface area contributed by atoms with Gasteiger partial charge in [0.2, 0.25) is 0 Å². The van der Waals surface area contributed by atoms with Crippen LogP contribution in [-0.4, -0.2) is 17.0 Å². The molecule has 1 unspecified atom stereocenters. The van der Waals surface area contributed by atoms with Crippen molar-refractivity contribution in [3.05, 3.63) is 46.6 Å². The van der Waals surface area contributed by atoms with Gasteiger partial charge in [0.15, 0.2) is 0 Å². The predicted octanol–water partition coefficient (Wildman–Crippen LogP) is 4.32. The minimum Gasteiger partial charge on any atom is -0.460 e. The molecule has 4 heteroatoms. The van der Waals surface area contributed by atoms with E-state index in [-0.39, 0.29) is 11.9 Å². The van der Waals surface area contributed by atoms with Crippen LogP contribution in [0.2, 0.25) is 0 Å². The quantitative estimate of drug-likeness (QED) is 0.888. The maximum atomic E-state index is 8.97. The SMILES string of the molecule is CC(CO)SCc1ccc(-c2ccc(Br)cc2)o1. The Balaban J connectivity index is 2.03. The van der Waals surface area contributed by atoms with E-state index in [1.165, 1.54) is 0 Å². The fourth-order valence-corrected chi connectivity index (χ4v) is 2.48. The molecule has 2 nitrogen and oxygen atoms in total. The summed E-state index contributed by atoms with van der Waals surface area (Å²) in [6.07, 6.45) is 0. The van der Waals surface area contributed by atoms with Gasteiger partial charge in [-0.1, -0.05) is 35.0 Å². The minimum absolute atomic E-state index is 0.199. The Morgan fingerprint density at radius 1 is 1.22 bits per heavy atom. The first-order valence-electron chi connectivity index (χ1n) is 5.76. The zero-order valence-electron chi connectivity index (χ0n) is 10.1. The van der Waals surface area contributed by atoms with E-state index in [1.807, 2.05) is 43.3 Å². The Kier molecular flexibility index (Phi) is 4.92. The summed E-state index contributed by atoms with van der Waals surface area (Å²) in [4.78, 5) is 0. The molecule has 1 heterocycles. The lowest BCUT2D eigenvalue weighted by atomic mass is 10.2. The van der Waals surface area contributed by atoms with Gasteiger partial charge >= 0.3 is 0 Å². The molecule has 0 radical (unpaired) electrons. The molecule has 96 valence electrons. The first kappa shape index (κ1) is 13.7. The molecular formula is C14H15BrO2S. The lowest BCUT2D eigenvalue weighted by molar-refractivity contribution is 0.300. The van der Waals surface area contributed by atoms with Crippen molar-refractivity contribution in [3.63, 3.8) is 0 Å². The maximum absolute atomic E-state index is 8.97. The largest absolute Gasteiger partial charge is 0.460 e. The average molecular weight is 327 g/mol. The van der Waals surface area contributed by atoms with Crippen molar-refractivity contribution in [2.24, 2.45) is 0 Å². The standard InChI is InChI=1S/C14H15BrO2S/c1-10(8-16)18-9-13-6-7-14(17-13)11-2-4-12(15)5-3-11/h2-7,10,16H,8-9H2,1H3. The summed E-state index contributed by atoms with van der Waals surface area (Å²) < 4.78 is 6.85. The summed E-state index contributed by atoms with van der Waals surface area (Å²) in [5.74, 6) is 2.62. The number of rotatable bonds is 5. The number of aliphatic hydroxyl groups excluding tert-OH is 1. The maximum Gasteiger partial charge on any atom is 0.134 e. The van der Waals surface area contributed by atoms with Gasteiger partial charge in [0.1, 0.15) is 11.5 Å². The van der Waals surface area contributed by atoms with Gasteiger partial charge in [-0.2, -0.15) is 0 Å². The zero-order valence-corrected chi connectivity index (χ0v) is 12.5. The molecule has 0 fully saturated rings. The van der Waals surface area contributed by atoms with E-state index < -0.39 is 0 Å². The fraction of sp³-hybridized carbons (Fsp3) is 0.286. The third kappa shape index (κ3) is 3.64. The van der Waals surface area contributed by atoms with E-state index in [0.717, 1.165) is 27.3 Å². The molecule has 0 spiro atoms. The highest BCUT2D eigenvalue weighted by atomic mass is 79.9. The second-order valence-electron chi connectivity index (χ2n) is 4.08. The summed E-state index contributed by atoms with van der Waals surface area (Å²) in [6.45, 7) is 2.20. The van der Waals surface area contributed by atoms with Gasteiger partial charge in [0.05, 0.1) is 12.4 Å². The molecule has 0 saturated heterocycles. The van der Waals surface area contributed by atoms with Crippen LogP contribution in [0, 0.1) is 0 Å². The molecule has 2 rings (SSSR count). The molecule has 0 aliphatic rings. The molecule has 1 aromatic heterocycles. The van der Waals surface area contributed by atoms with Crippen LogP contribution in [0.5, 0.6) is 0 Å². The van der Waals surface area contributed by atoms with Gasteiger partial charge in [0.25, 0.3) is 0 Å². The second kappa shape index (κ2) is 6.45. The Labute approximate surface area is 120 Å². The summed E-state index contributed by atoms with van der Waals surface area (Å²) in [7, 11) is 0. The Hall–Kier alpha value is -0.710. The van der Waals surface area contributed by atoms with Crippen molar-refractivity contribution in [3.8, 4) is 11.3 Å². The van der Waals surface area contributed by atoms with Crippen LogP contribution in [0.15, 0.2) is 45.3 Å². The number of benzene rings is 1. The van der Waals surface area contributed by atoms with E-state index in [1.54, 1.807) is 11.8 Å². The van der Waals surface area contributed by atoms with Crippen LogP contribution in [0.3, 0.4) is 0 Å². The monoisotopic (exact) mass is 326 g/mol. The first-order chi connectivity index (χ1) is 8.69. The number of aliphatic hydroxyl groups is 1. The minimum atomic E-state index is 0.199. The van der Waals surface area contributed by atoms with Crippen molar-refractivity contribution in [2.45, 2.75) is 17.9 Å². The third-order valence-electron chi connectivity index (χ3n) is 2.56. The van der Waals surface area contributed by atoms with Crippen molar-refractivity contribution in [1.29, 1.82) is 0 Å². The van der Waals surface area contributed by atoms with E-state index in [2.05, 4.69) is 15.9 Å². The van der Waals surface area contributed by atoms with Crippen LogP contribution in [0.1, 0.15) is 12.7 Å². The van der Waals surface area contributed by atoms with Crippen LogP contribution in [0.25, 0.3) is 11.3 Å². The first-order valence-corrected chi connectivity index (χ1v) is 7.60. The molecule has 0 saturated carbocycles. The molecule has 1 aromatic carbocycles. The summed E-state index contributed by atoms with van der Waals surface area (Å²) in [5, 5.41) is 9.21. The highest BCUT2D eigenvalue weighted by Crippen LogP contribution is 2.26. The topological polar surface area (TPSA) is 33.4 Å². The smallest absolute Gasteiger partial charge is 0.134 e. The average Bonchev–Trinajstić information content (AvgIpc) is 2.85. The number of furan rings is 1. The van der Waals surface area contributed by atoms with Gasteiger partial charge in [-0.05, 0) is 24.3 Å².